The van der Waals surface area contributed by atoms with Crippen LogP contribution in [0.2, 0.25) is 0 Å². The van der Waals surface area contributed by atoms with E-state index in [2.05, 4.69) is 0 Å². The number of halogens is 3. The number of aryl methyl sites for hydroxylation is 1. The molecule has 154 valence electrons. The summed E-state index contributed by atoms with van der Waals surface area (Å²) in [5, 5.41) is 11.1. The van der Waals surface area contributed by atoms with Crippen LogP contribution < -0.4 is 0 Å². The number of hydrogen-bond donors (Lipinski definition) is 0. The van der Waals surface area contributed by atoms with Gasteiger partial charge in [-0.3, -0.25) is 19.8 Å². The fourth-order valence-electron chi connectivity index (χ4n) is 3.33. The van der Waals surface area contributed by atoms with Crippen molar-refractivity contribution in [2.75, 3.05) is 26.2 Å². The van der Waals surface area contributed by atoms with E-state index >= 15 is 0 Å². The first-order chi connectivity index (χ1) is 13.6. The van der Waals surface area contributed by atoms with Gasteiger partial charge in [-0.1, -0.05) is 24.3 Å². The molecule has 29 heavy (non-hydrogen) atoms. The number of carbonyl (C=O) groups excluding carboxylic acids is 1. The Morgan fingerprint density at radius 1 is 1.10 bits per heavy atom. The van der Waals surface area contributed by atoms with Crippen molar-refractivity contribution in [2.24, 2.45) is 0 Å². The minimum absolute atomic E-state index is 0.0981. The maximum atomic E-state index is 12.9. The van der Waals surface area contributed by atoms with E-state index in [1.807, 2.05) is 4.90 Å². The molecule has 2 aromatic rings. The van der Waals surface area contributed by atoms with E-state index < -0.39 is 16.7 Å². The van der Waals surface area contributed by atoms with Crippen LogP contribution in [0.1, 0.15) is 27.0 Å². The van der Waals surface area contributed by atoms with Crippen molar-refractivity contribution in [1.82, 2.24) is 9.80 Å². The van der Waals surface area contributed by atoms with Gasteiger partial charge in [0.25, 0.3) is 11.6 Å². The van der Waals surface area contributed by atoms with E-state index in [1.54, 1.807) is 30.0 Å². The van der Waals surface area contributed by atoms with Gasteiger partial charge in [-0.2, -0.15) is 13.2 Å². The van der Waals surface area contributed by atoms with Crippen LogP contribution in [0.3, 0.4) is 0 Å². The Hall–Kier alpha value is -2.94. The lowest BCUT2D eigenvalue weighted by Crippen LogP contribution is -2.48. The molecule has 0 N–H and O–H groups in total. The molecule has 1 amide bonds. The molecule has 1 aliphatic heterocycles. The van der Waals surface area contributed by atoms with Gasteiger partial charge in [-0.25, -0.2) is 0 Å². The van der Waals surface area contributed by atoms with E-state index in [0.717, 1.165) is 12.1 Å². The van der Waals surface area contributed by atoms with Crippen LogP contribution in [-0.4, -0.2) is 46.8 Å². The monoisotopic (exact) mass is 407 g/mol. The fraction of sp³-hybridized carbons (Fsp3) is 0.350. The van der Waals surface area contributed by atoms with Crippen molar-refractivity contribution in [3.05, 3.63) is 74.8 Å². The quantitative estimate of drug-likeness (QED) is 0.570. The number of nitro benzene ring substituents is 1. The Balaban J connectivity index is 1.62. The molecule has 1 saturated heterocycles. The van der Waals surface area contributed by atoms with Gasteiger partial charge in [0, 0.05) is 49.9 Å². The number of carbonyl (C=O) groups is 1. The molecule has 2 aromatic carbocycles. The minimum Gasteiger partial charge on any atom is -0.336 e. The Kier molecular flexibility index (Phi) is 5.88. The van der Waals surface area contributed by atoms with Crippen LogP contribution in [0, 0.1) is 17.0 Å². The van der Waals surface area contributed by atoms with Gasteiger partial charge < -0.3 is 4.90 Å². The average Bonchev–Trinajstić information content (AvgIpc) is 2.68. The molecule has 0 spiro atoms. The highest BCUT2D eigenvalue weighted by molar-refractivity contribution is 5.95. The topological polar surface area (TPSA) is 66.7 Å². The summed E-state index contributed by atoms with van der Waals surface area (Å²) < 4.78 is 38.6. The van der Waals surface area contributed by atoms with Gasteiger partial charge in [0.1, 0.15) is 0 Å². The molecule has 0 radical (unpaired) electrons. The first-order valence-electron chi connectivity index (χ1n) is 9.08. The number of hydrogen-bond acceptors (Lipinski definition) is 4. The largest absolute Gasteiger partial charge is 0.416 e. The summed E-state index contributed by atoms with van der Waals surface area (Å²) in [6.07, 6.45) is -4.38. The number of nitro groups is 1. The first-order valence-corrected chi connectivity index (χ1v) is 9.08. The summed E-state index contributed by atoms with van der Waals surface area (Å²) in [4.78, 5) is 26.8. The first kappa shape index (κ1) is 20.8. The van der Waals surface area contributed by atoms with Gasteiger partial charge in [-0.05, 0) is 24.6 Å². The lowest BCUT2D eigenvalue weighted by Gasteiger charge is -2.34. The molecular formula is C20H20F3N3O3. The van der Waals surface area contributed by atoms with E-state index in [0.29, 0.717) is 43.9 Å². The molecule has 9 heteroatoms. The number of amides is 1. The summed E-state index contributed by atoms with van der Waals surface area (Å²) in [7, 11) is 0. The Morgan fingerprint density at radius 3 is 2.41 bits per heavy atom. The third kappa shape index (κ3) is 4.92. The van der Waals surface area contributed by atoms with Crippen LogP contribution in [0.15, 0.2) is 42.5 Å². The maximum absolute atomic E-state index is 12.9. The predicted molar refractivity (Wildman–Crippen MR) is 100 cm³/mol. The number of alkyl halides is 3. The number of piperazine rings is 1. The zero-order chi connectivity index (χ0) is 21.2. The van der Waals surface area contributed by atoms with Crippen molar-refractivity contribution >= 4 is 11.6 Å². The molecule has 0 aliphatic carbocycles. The van der Waals surface area contributed by atoms with Crippen molar-refractivity contribution in [2.45, 2.75) is 19.6 Å². The molecule has 1 aliphatic rings. The van der Waals surface area contributed by atoms with Crippen molar-refractivity contribution < 1.29 is 22.9 Å². The molecular weight excluding hydrogens is 387 g/mol. The number of benzene rings is 2. The van der Waals surface area contributed by atoms with Crippen LogP contribution in [0.4, 0.5) is 18.9 Å². The highest BCUT2D eigenvalue weighted by Crippen LogP contribution is 2.30. The molecule has 1 heterocycles. The smallest absolute Gasteiger partial charge is 0.336 e. The Labute approximate surface area is 165 Å². The van der Waals surface area contributed by atoms with Crippen molar-refractivity contribution in [3.63, 3.8) is 0 Å². The standard InChI is InChI=1S/C20H20F3N3O3/c1-14-5-6-16(12-18(14)26(28)29)19(27)25-9-7-24(8-10-25)13-15-3-2-4-17(11-15)20(21,22)23/h2-6,11-12H,7-10,13H2,1H3. The molecule has 0 unspecified atom stereocenters. The van der Waals surface area contributed by atoms with Gasteiger partial charge in [0.05, 0.1) is 10.5 Å². The molecule has 0 atom stereocenters. The third-order valence-electron chi connectivity index (χ3n) is 4.97. The molecule has 0 saturated carbocycles. The van der Waals surface area contributed by atoms with E-state index in [9.17, 15) is 28.1 Å². The summed E-state index contributed by atoms with van der Waals surface area (Å²) in [5.74, 6) is -0.285. The van der Waals surface area contributed by atoms with Gasteiger partial charge in [-0.15, -0.1) is 0 Å². The van der Waals surface area contributed by atoms with Crippen LogP contribution >= 0.6 is 0 Å². The summed E-state index contributed by atoms with van der Waals surface area (Å²) in [6.45, 7) is 3.80. The second-order valence-corrected chi connectivity index (χ2v) is 7.02. The number of nitrogens with zero attached hydrogens (tertiary/aromatic N) is 3. The van der Waals surface area contributed by atoms with E-state index in [-0.39, 0.29) is 17.2 Å². The van der Waals surface area contributed by atoms with Gasteiger partial charge in [0.15, 0.2) is 0 Å². The molecule has 6 nitrogen and oxygen atoms in total. The highest BCUT2D eigenvalue weighted by atomic mass is 19.4. The van der Waals surface area contributed by atoms with Gasteiger partial charge in [0.2, 0.25) is 0 Å². The van der Waals surface area contributed by atoms with E-state index in [4.69, 9.17) is 0 Å². The predicted octanol–water partition coefficient (Wildman–Crippen LogP) is 3.88. The lowest BCUT2D eigenvalue weighted by molar-refractivity contribution is -0.385. The Morgan fingerprint density at radius 2 is 1.79 bits per heavy atom. The van der Waals surface area contributed by atoms with Crippen molar-refractivity contribution in [1.29, 1.82) is 0 Å². The summed E-state index contributed by atoms with van der Waals surface area (Å²) in [6, 6.07) is 9.63. The summed E-state index contributed by atoms with van der Waals surface area (Å²) >= 11 is 0. The lowest BCUT2D eigenvalue weighted by atomic mass is 10.1. The zero-order valence-corrected chi connectivity index (χ0v) is 15.8. The molecule has 3 rings (SSSR count). The molecule has 0 aromatic heterocycles. The van der Waals surface area contributed by atoms with Crippen LogP contribution in [0.25, 0.3) is 0 Å². The van der Waals surface area contributed by atoms with Crippen LogP contribution in [-0.2, 0) is 12.7 Å². The summed E-state index contributed by atoms with van der Waals surface area (Å²) in [5.41, 5.74) is 0.531. The third-order valence-corrected chi connectivity index (χ3v) is 4.97. The molecule has 0 bridgehead atoms. The number of rotatable bonds is 4. The second-order valence-electron chi connectivity index (χ2n) is 7.02. The zero-order valence-electron chi connectivity index (χ0n) is 15.8. The average molecular weight is 407 g/mol. The second kappa shape index (κ2) is 8.20. The highest BCUT2D eigenvalue weighted by Gasteiger charge is 2.30. The molecule has 1 fully saturated rings. The van der Waals surface area contributed by atoms with Gasteiger partial charge >= 0.3 is 6.18 Å². The Bertz CT molecular complexity index is 923. The van der Waals surface area contributed by atoms with Crippen LogP contribution in [0.5, 0.6) is 0 Å². The normalized spacial score (nSPS) is 15.4. The fourth-order valence-corrected chi connectivity index (χ4v) is 3.33. The SMILES string of the molecule is Cc1ccc(C(=O)N2CCN(Cc3cccc(C(F)(F)F)c3)CC2)cc1[N+](=O)[O-]. The maximum Gasteiger partial charge on any atom is 0.416 e. The van der Waals surface area contributed by atoms with Crippen molar-refractivity contribution in [3.8, 4) is 0 Å². The van der Waals surface area contributed by atoms with E-state index in [1.165, 1.54) is 12.1 Å². The minimum atomic E-state index is -4.38.